The van der Waals surface area contributed by atoms with Gasteiger partial charge in [-0.05, 0) is 19.3 Å². The van der Waals surface area contributed by atoms with E-state index in [0.29, 0.717) is 6.42 Å². The largest absolute Gasteiger partial charge is 0.286 e. The van der Waals surface area contributed by atoms with Gasteiger partial charge in [-0.2, -0.15) is 8.42 Å². The van der Waals surface area contributed by atoms with Gasteiger partial charge in [0.1, 0.15) is 0 Å². The van der Waals surface area contributed by atoms with Crippen molar-refractivity contribution in [2.45, 2.75) is 32.6 Å². The van der Waals surface area contributed by atoms with Crippen LogP contribution in [0.5, 0.6) is 0 Å². The second kappa shape index (κ2) is 8.88. The highest BCUT2D eigenvalue weighted by molar-refractivity contribution is 8.76. The third kappa shape index (κ3) is 12.6. The van der Waals surface area contributed by atoms with Crippen molar-refractivity contribution < 1.29 is 13.0 Å². The summed E-state index contributed by atoms with van der Waals surface area (Å²) in [6.07, 6.45) is 4.22. The molecule has 0 aromatic rings. The van der Waals surface area contributed by atoms with Gasteiger partial charge in [0.05, 0.1) is 5.75 Å². The van der Waals surface area contributed by atoms with Crippen LogP contribution in [0.15, 0.2) is 0 Å². The predicted octanol–water partition coefficient (Wildman–Crippen LogP) is 2.84. The minimum atomic E-state index is -3.69. The van der Waals surface area contributed by atoms with E-state index in [2.05, 4.69) is 0 Å². The van der Waals surface area contributed by atoms with Gasteiger partial charge in [-0.1, -0.05) is 34.9 Å². The Balaban J connectivity index is 0.000000249. The molecule has 0 radical (unpaired) electrons. The smallest absolute Gasteiger partial charge is 0.264 e. The van der Waals surface area contributed by atoms with Gasteiger partial charge in [-0.3, -0.25) is 4.55 Å². The van der Waals surface area contributed by atoms with E-state index in [1.165, 1.54) is 24.3 Å². The summed E-state index contributed by atoms with van der Waals surface area (Å²) in [6.45, 7) is 1.87. The van der Waals surface area contributed by atoms with Crippen LogP contribution in [0.1, 0.15) is 32.6 Å². The van der Waals surface area contributed by atoms with Gasteiger partial charge in [0.2, 0.25) is 0 Å². The molecule has 0 unspecified atom stereocenters. The lowest BCUT2D eigenvalue weighted by molar-refractivity contribution is 0.480. The van der Waals surface area contributed by atoms with Crippen molar-refractivity contribution in [3.05, 3.63) is 0 Å². The van der Waals surface area contributed by atoms with Gasteiger partial charge < -0.3 is 0 Å². The Kier molecular flexibility index (Phi) is 9.27. The highest BCUT2D eigenvalue weighted by Gasteiger charge is 2.00. The number of rotatable bonds is 3. The van der Waals surface area contributed by atoms with Crippen molar-refractivity contribution in [3.63, 3.8) is 0 Å². The topological polar surface area (TPSA) is 54.4 Å². The molecule has 14 heavy (non-hydrogen) atoms. The minimum Gasteiger partial charge on any atom is -0.286 e. The maximum Gasteiger partial charge on any atom is 0.264 e. The quantitative estimate of drug-likeness (QED) is 0.623. The lowest BCUT2D eigenvalue weighted by atomic mass is 10.4. The highest BCUT2D eigenvalue weighted by atomic mass is 33.1. The molecular formula is C8H18O3S3. The van der Waals surface area contributed by atoms with Crippen LogP contribution in [0.2, 0.25) is 0 Å². The van der Waals surface area contributed by atoms with Gasteiger partial charge in [0.25, 0.3) is 10.1 Å². The number of hydrogen-bond donors (Lipinski definition) is 1. The third-order valence-electron chi connectivity index (χ3n) is 1.54. The van der Waals surface area contributed by atoms with E-state index in [9.17, 15) is 8.42 Å². The van der Waals surface area contributed by atoms with Crippen LogP contribution >= 0.6 is 21.6 Å². The third-order valence-corrected chi connectivity index (χ3v) is 4.93. The van der Waals surface area contributed by atoms with Crippen LogP contribution in [0.3, 0.4) is 0 Å². The Morgan fingerprint density at radius 1 is 1.21 bits per heavy atom. The minimum absolute atomic E-state index is 0.108. The van der Waals surface area contributed by atoms with Crippen molar-refractivity contribution in [1.29, 1.82) is 0 Å². The van der Waals surface area contributed by atoms with Crippen molar-refractivity contribution in [2.75, 3.05) is 17.3 Å². The normalized spacial score (nSPS) is 17.0. The molecule has 0 bridgehead atoms. The van der Waals surface area contributed by atoms with Gasteiger partial charge >= 0.3 is 0 Å². The predicted molar refractivity (Wildman–Crippen MR) is 65.5 cm³/mol. The van der Waals surface area contributed by atoms with Gasteiger partial charge in [-0.25, -0.2) is 0 Å². The summed E-state index contributed by atoms with van der Waals surface area (Å²) in [5, 5.41) is 0. The molecule has 86 valence electrons. The fourth-order valence-corrected chi connectivity index (χ4v) is 3.71. The zero-order chi connectivity index (χ0) is 10.9. The molecule has 0 amide bonds. The summed E-state index contributed by atoms with van der Waals surface area (Å²) in [7, 11) is 0.337. The molecule has 0 atom stereocenters. The lowest BCUT2D eigenvalue weighted by Gasteiger charge is -2.04. The van der Waals surface area contributed by atoms with Gasteiger partial charge in [0, 0.05) is 11.5 Å². The first kappa shape index (κ1) is 14.6. The molecule has 0 saturated carbocycles. The van der Waals surface area contributed by atoms with E-state index in [1.807, 2.05) is 28.5 Å². The van der Waals surface area contributed by atoms with E-state index in [-0.39, 0.29) is 5.75 Å². The first-order valence-corrected chi connectivity index (χ1v) is 8.85. The second-order valence-electron chi connectivity index (χ2n) is 2.99. The molecule has 0 aromatic carbocycles. The van der Waals surface area contributed by atoms with Crippen LogP contribution in [-0.4, -0.2) is 30.2 Å². The molecule has 0 aliphatic carbocycles. The Labute approximate surface area is 94.6 Å². The molecule has 1 N–H and O–H groups in total. The molecule has 1 saturated heterocycles. The maximum atomic E-state index is 9.95. The summed E-state index contributed by atoms with van der Waals surface area (Å²) in [5.74, 6) is 2.65. The summed E-state index contributed by atoms with van der Waals surface area (Å²) < 4.78 is 28.0. The summed E-state index contributed by atoms with van der Waals surface area (Å²) in [6, 6.07) is 0. The highest BCUT2D eigenvalue weighted by Crippen LogP contribution is 2.28. The maximum absolute atomic E-state index is 9.95. The Bertz CT molecular complexity index is 198. The standard InChI is InChI=1S/C4H10O3S.C4H8S2/c1-2-3-4-8(5,6)7;1-2-4-6-5-3-1/h2-4H2,1H3,(H,5,6,7);1-4H2. The van der Waals surface area contributed by atoms with E-state index < -0.39 is 10.1 Å². The Morgan fingerprint density at radius 3 is 1.86 bits per heavy atom. The second-order valence-corrected chi connectivity index (χ2v) is 7.26. The first-order valence-electron chi connectivity index (χ1n) is 4.76. The van der Waals surface area contributed by atoms with Crippen molar-refractivity contribution >= 4 is 31.7 Å². The van der Waals surface area contributed by atoms with E-state index >= 15 is 0 Å². The number of hydrogen-bond acceptors (Lipinski definition) is 4. The van der Waals surface area contributed by atoms with E-state index in [1.54, 1.807) is 0 Å². The Hall–Kier alpha value is 0.610. The average molecular weight is 258 g/mol. The molecule has 0 aromatic heterocycles. The van der Waals surface area contributed by atoms with Gasteiger partial charge in [0.15, 0.2) is 0 Å². The zero-order valence-electron chi connectivity index (χ0n) is 8.44. The van der Waals surface area contributed by atoms with Gasteiger partial charge in [-0.15, -0.1) is 0 Å². The van der Waals surface area contributed by atoms with Crippen LogP contribution in [-0.2, 0) is 10.1 Å². The first-order chi connectivity index (χ1) is 6.56. The number of unbranched alkanes of at least 4 members (excludes halogenated alkanes) is 1. The summed E-state index contributed by atoms with van der Waals surface area (Å²) in [4.78, 5) is 0. The summed E-state index contributed by atoms with van der Waals surface area (Å²) in [5.41, 5.74) is 0. The molecule has 1 aliphatic rings. The van der Waals surface area contributed by atoms with E-state index in [0.717, 1.165) is 6.42 Å². The lowest BCUT2D eigenvalue weighted by Crippen LogP contribution is -2.02. The molecule has 1 heterocycles. The van der Waals surface area contributed by atoms with Crippen molar-refractivity contribution in [2.24, 2.45) is 0 Å². The van der Waals surface area contributed by atoms with Crippen LogP contribution in [0, 0.1) is 0 Å². The molecule has 1 rings (SSSR count). The van der Waals surface area contributed by atoms with Crippen molar-refractivity contribution in [3.8, 4) is 0 Å². The van der Waals surface area contributed by atoms with Crippen LogP contribution in [0.25, 0.3) is 0 Å². The fraction of sp³-hybridized carbons (Fsp3) is 1.00. The molecule has 1 fully saturated rings. The average Bonchev–Trinajstić information content (AvgIpc) is 2.17. The van der Waals surface area contributed by atoms with Crippen molar-refractivity contribution in [1.82, 2.24) is 0 Å². The molecule has 3 nitrogen and oxygen atoms in total. The molecule has 0 spiro atoms. The SMILES string of the molecule is C1CCSSC1.CCCCS(=O)(=O)O. The zero-order valence-corrected chi connectivity index (χ0v) is 10.9. The van der Waals surface area contributed by atoms with Crippen LogP contribution in [0.4, 0.5) is 0 Å². The fourth-order valence-electron chi connectivity index (χ4n) is 0.767. The molecule has 6 heteroatoms. The summed E-state index contributed by atoms with van der Waals surface area (Å²) >= 11 is 0. The molecular weight excluding hydrogens is 240 g/mol. The monoisotopic (exact) mass is 258 g/mol. The van der Waals surface area contributed by atoms with Crippen LogP contribution < -0.4 is 0 Å². The Morgan fingerprint density at radius 2 is 1.71 bits per heavy atom. The van der Waals surface area contributed by atoms with E-state index in [4.69, 9.17) is 4.55 Å². The molecule has 1 aliphatic heterocycles.